The Morgan fingerprint density at radius 1 is 0.786 bits per heavy atom. The SMILES string of the molecule is Cc1c(C)c(C)c(S(=O)Cl)c(C)c1C. The topological polar surface area (TPSA) is 17.1 Å². The third kappa shape index (κ3) is 1.73. The quantitative estimate of drug-likeness (QED) is 0.675. The van der Waals surface area contributed by atoms with Gasteiger partial charge >= 0.3 is 0 Å². The number of hydrogen-bond donors (Lipinski definition) is 0. The van der Waals surface area contributed by atoms with Crippen molar-refractivity contribution in [3.05, 3.63) is 27.8 Å². The molecule has 1 unspecified atom stereocenters. The highest BCUT2D eigenvalue weighted by molar-refractivity contribution is 8.08. The second kappa shape index (κ2) is 4.03. The molecule has 0 bridgehead atoms. The van der Waals surface area contributed by atoms with Crippen LogP contribution in [0.25, 0.3) is 0 Å². The first-order chi connectivity index (χ1) is 6.37. The van der Waals surface area contributed by atoms with E-state index in [0.717, 1.165) is 16.0 Å². The van der Waals surface area contributed by atoms with Crippen LogP contribution in [-0.2, 0) is 10.0 Å². The summed E-state index contributed by atoms with van der Waals surface area (Å²) in [6.45, 7) is 10.1. The number of rotatable bonds is 1. The lowest BCUT2D eigenvalue weighted by molar-refractivity contribution is 0.690. The number of benzene rings is 1. The fourth-order valence-corrected chi connectivity index (χ4v) is 3.19. The zero-order valence-corrected chi connectivity index (χ0v) is 10.8. The number of hydrogen-bond acceptors (Lipinski definition) is 1. The predicted octanol–water partition coefficient (Wildman–Crippen LogP) is 3.49. The maximum atomic E-state index is 11.4. The Bertz CT molecular complexity index is 381. The summed E-state index contributed by atoms with van der Waals surface area (Å²) in [7, 11) is 4.27. The minimum atomic E-state index is -1.41. The predicted molar refractivity (Wildman–Crippen MR) is 62.4 cm³/mol. The van der Waals surface area contributed by atoms with E-state index >= 15 is 0 Å². The molecule has 0 fully saturated rings. The highest BCUT2D eigenvalue weighted by Gasteiger charge is 2.15. The van der Waals surface area contributed by atoms with E-state index in [1.54, 1.807) is 0 Å². The number of halogens is 1. The molecule has 0 aliphatic rings. The van der Waals surface area contributed by atoms with Crippen molar-refractivity contribution in [3.8, 4) is 0 Å². The molecule has 3 heteroatoms. The second-order valence-corrected chi connectivity index (χ2v) is 5.37. The van der Waals surface area contributed by atoms with E-state index in [9.17, 15) is 4.21 Å². The van der Waals surface area contributed by atoms with Gasteiger partial charge in [0.15, 0.2) is 0 Å². The molecule has 0 aromatic heterocycles. The van der Waals surface area contributed by atoms with Crippen molar-refractivity contribution in [2.75, 3.05) is 0 Å². The van der Waals surface area contributed by atoms with Gasteiger partial charge in [0.1, 0.15) is 10.0 Å². The average molecular weight is 231 g/mol. The van der Waals surface area contributed by atoms with Crippen LogP contribution >= 0.6 is 10.7 Å². The van der Waals surface area contributed by atoms with E-state index in [4.69, 9.17) is 10.7 Å². The fourth-order valence-electron chi connectivity index (χ4n) is 1.71. The van der Waals surface area contributed by atoms with Crippen LogP contribution in [-0.4, -0.2) is 4.21 Å². The first kappa shape index (κ1) is 11.7. The molecule has 1 rings (SSSR count). The zero-order chi connectivity index (χ0) is 11.0. The zero-order valence-electron chi connectivity index (χ0n) is 9.19. The van der Waals surface area contributed by atoms with Crippen LogP contribution in [0, 0.1) is 34.6 Å². The van der Waals surface area contributed by atoms with Crippen molar-refractivity contribution in [2.24, 2.45) is 0 Å². The minimum Gasteiger partial charge on any atom is -0.237 e. The van der Waals surface area contributed by atoms with E-state index in [1.165, 1.54) is 16.7 Å². The molecule has 0 aliphatic carbocycles. The molecule has 0 radical (unpaired) electrons. The Hall–Kier alpha value is -0.340. The van der Waals surface area contributed by atoms with Crippen LogP contribution in [0.15, 0.2) is 4.90 Å². The lowest BCUT2D eigenvalue weighted by Crippen LogP contribution is -2.01. The van der Waals surface area contributed by atoms with Crippen LogP contribution in [0.2, 0.25) is 0 Å². The standard InChI is InChI=1S/C11H15ClOS/c1-6-7(2)9(4)11(14(12)13)10(5)8(6)3/h1-5H3. The monoisotopic (exact) mass is 230 g/mol. The third-order valence-electron chi connectivity index (χ3n) is 3.09. The summed E-state index contributed by atoms with van der Waals surface area (Å²) in [6, 6.07) is 0. The van der Waals surface area contributed by atoms with Crippen LogP contribution in [0.3, 0.4) is 0 Å². The van der Waals surface area contributed by atoms with Crippen molar-refractivity contribution >= 4 is 20.7 Å². The summed E-state index contributed by atoms with van der Waals surface area (Å²) >= 11 is 0. The van der Waals surface area contributed by atoms with Crippen molar-refractivity contribution in [1.82, 2.24) is 0 Å². The molecule has 0 N–H and O–H groups in total. The largest absolute Gasteiger partial charge is 0.237 e. The molecule has 1 nitrogen and oxygen atoms in total. The van der Waals surface area contributed by atoms with Gasteiger partial charge in [0.2, 0.25) is 0 Å². The van der Waals surface area contributed by atoms with Gasteiger partial charge in [-0.25, -0.2) is 4.21 Å². The Kier molecular flexibility index (Phi) is 3.38. The molecule has 0 heterocycles. The molecule has 0 saturated carbocycles. The van der Waals surface area contributed by atoms with Crippen molar-refractivity contribution in [1.29, 1.82) is 0 Å². The second-order valence-electron chi connectivity index (χ2n) is 3.68. The van der Waals surface area contributed by atoms with Gasteiger partial charge in [-0.15, -0.1) is 0 Å². The van der Waals surface area contributed by atoms with E-state index in [1.807, 2.05) is 27.7 Å². The normalized spacial score (nSPS) is 13.0. The fraction of sp³-hybridized carbons (Fsp3) is 0.455. The van der Waals surface area contributed by atoms with Crippen molar-refractivity contribution in [3.63, 3.8) is 0 Å². The Labute approximate surface area is 92.4 Å². The molecule has 14 heavy (non-hydrogen) atoms. The van der Waals surface area contributed by atoms with Gasteiger partial charge in [-0.3, -0.25) is 0 Å². The van der Waals surface area contributed by atoms with E-state index < -0.39 is 10.0 Å². The molecular formula is C11H15ClOS. The van der Waals surface area contributed by atoms with Crippen molar-refractivity contribution < 1.29 is 4.21 Å². The van der Waals surface area contributed by atoms with E-state index in [-0.39, 0.29) is 0 Å². The lowest BCUT2D eigenvalue weighted by atomic mass is 9.95. The summed E-state index contributed by atoms with van der Waals surface area (Å²) in [5, 5.41) is 0. The molecule has 1 aromatic carbocycles. The van der Waals surface area contributed by atoms with E-state index in [2.05, 4.69) is 6.92 Å². The Balaban J connectivity index is 3.68. The van der Waals surface area contributed by atoms with Crippen LogP contribution in [0.4, 0.5) is 0 Å². The van der Waals surface area contributed by atoms with Crippen LogP contribution in [0.5, 0.6) is 0 Å². The molecular weight excluding hydrogens is 216 g/mol. The first-order valence-electron chi connectivity index (χ1n) is 4.53. The Morgan fingerprint density at radius 3 is 1.36 bits per heavy atom. The van der Waals surface area contributed by atoms with E-state index in [0.29, 0.717) is 0 Å². The third-order valence-corrected chi connectivity index (χ3v) is 4.49. The highest BCUT2D eigenvalue weighted by atomic mass is 35.7. The highest BCUT2D eigenvalue weighted by Crippen LogP contribution is 2.29. The molecule has 78 valence electrons. The lowest BCUT2D eigenvalue weighted by Gasteiger charge is -2.15. The molecule has 0 amide bonds. The molecule has 0 aliphatic heterocycles. The maximum Gasteiger partial charge on any atom is 0.148 e. The van der Waals surface area contributed by atoms with Gasteiger partial charge in [0.25, 0.3) is 0 Å². The summed E-state index contributed by atoms with van der Waals surface area (Å²) < 4.78 is 11.4. The van der Waals surface area contributed by atoms with Gasteiger partial charge in [-0.2, -0.15) is 0 Å². The summed E-state index contributed by atoms with van der Waals surface area (Å²) in [5.41, 5.74) is 5.76. The smallest absolute Gasteiger partial charge is 0.148 e. The molecule has 1 atom stereocenters. The molecule has 0 spiro atoms. The molecule has 1 aromatic rings. The van der Waals surface area contributed by atoms with Gasteiger partial charge in [-0.05, 0) is 73.1 Å². The first-order valence-corrected chi connectivity index (χ1v) is 6.50. The van der Waals surface area contributed by atoms with Crippen molar-refractivity contribution in [2.45, 2.75) is 39.5 Å². The van der Waals surface area contributed by atoms with Crippen LogP contribution < -0.4 is 0 Å². The molecule has 0 saturated heterocycles. The summed E-state index contributed by atoms with van der Waals surface area (Å²) in [5.74, 6) is 0. The van der Waals surface area contributed by atoms with Gasteiger partial charge in [0, 0.05) is 0 Å². The minimum absolute atomic E-state index is 0.785. The summed E-state index contributed by atoms with van der Waals surface area (Å²) in [6.07, 6.45) is 0. The maximum absolute atomic E-state index is 11.4. The van der Waals surface area contributed by atoms with Gasteiger partial charge < -0.3 is 0 Å². The van der Waals surface area contributed by atoms with Crippen LogP contribution in [0.1, 0.15) is 27.8 Å². The van der Waals surface area contributed by atoms with Gasteiger partial charge in [0.05, 0.1) is 4.90 Å². The summed E-state index contributed by atoms with van der Waals surface area (Å²) in [4.78, 5) is 0.785. The average Bonchev–Trinajstić information content (AvgIpc) is 2.11. The van der Waals surface area contributed by atoms with Gasteiger partial charge in [-0.1, -0.05) is 0 Å². The Morgan fingerprint density at radius 2 is 1.07 bits per heavy atom.